The minimum absolute atomic E-state index is 0.0111. The average molecular weight is 649 g/mol. The third kappa shape index (κ3) is 4.56. The van der Waals surface area contributed by atoms with Gasteiger partial charge in [0.05, 0.1) is 0 Å². The van der Waals surface area contributed by atoms with Gasteiger partial charge in [0, 0.05) is 25.7 Å². The highest BCUT2D eigenvalue weighted by molar-refractivity contribution is 7.26. The Morgan fingerprint density at radius 2 is 0.776 bits per heavy atom. The Labute approximate surface area is 292 Å². The van der Waals surface area contributed by atoms with Gasteiger partial charge in [0.25, 0.3) is 0 Å². The van der Waals surface area contributed by atoms with Crippen molar-refractivity contribution in [2.24, 2.45) is 0 Å². The lowest BCUT2D eigenvalue weighted by atomic mass is 9.78. The molecular weight excluding hydrogens is 609 g/mol. The van der Waals surface area contributed by atoms with Crippen LogP contribution in [0, 0.1) is 0 Å². The monoisotopic (exact) mass is 648 g/mol. The molecule has 0 spiro atoms. The van der Waals surface area contributed by atoms with E-state index in [-0.39, 0.29) is 10.8 Å². The summed E-state index contributed by atoms with van der Waals surface area (Å²) in [5, 5.41) is 13.3. The Kier molecular flexibility index (Phi) is 6.61. The molecule has 0 bridgehead atoms. The van der Waals surface area contributed by atoms with E-state index in [9.17, 15) is 0 Å². The number of benzene rings is 8. The fourth-order valence-electron chi connectivity index (χ4n) is 8.62. The van der Waals surface area contributed by atoms with Gasteiger partial charge in [-0.3, -0.25) is 0 Å². The summed E-state index contributed by atoms with van der Waals surface area (Å²) in [5.41, 5.74) is 8.13. The van der Waals surface area contributed by atoms with E-state index in [4.69, 9.17) is 0 Å². The molecule has 1 heteroatoms. The number of rotatable bonds is 2. The van der Waals surface area contributed by atoms with Crippen LogP contribution in [0.15, 0.2) is 133 Å². The van der Waals surface area contributed by atoms with Crippen molar-refractivity contribution in [3.63, 3.8) is 0 Å². The number of thiophene rings is 1. The molecule has 9 aromatic rings. The fraction of sp³-hybridized carbons (Fsp3) is 0.167. The molecule has 0 unspecified atom stereocenters. The molecule has 0 aliphatic heterocycles. The van der Waals surface area contributed by atoms with Crippen molar-refractivity contribution in [2.45, 2.75) is 52.4 Å². The van der Waals surface area contributed by atoms with Gasteiger partial charge in [0.1, 0.15) is 0 Å². The molecule has 238 valence electrons. The van der Waals surface area contributed by atoms with Crippen molar-refractivity contribution in [3.8, 4) is 22.3 Å². The zero-order valence-electron chi connectivity index (χ0n) is 29.1. The van der Waals surface area contributed by atoms with Crippen LogP contribution >= 0.6 is 11.3 Å². The van der Waals surface area contributed by atoms with Crippen molar-refractivity contribution < 1.29 is 0 Å². The van der Waals surface area contributed by atoms with Crippen molar-refractivity contribution in [3.05, 3.63) is 145 Å². The SMILES string of the molecule is CC(C)(C)c1c2ccccc2c(-c2ccc3sc4c(-c5c6ccccc6c(C(C)(C)C)c6ccccc56)cccc4c3c2)c2ccccc12. The van der Waals surface area contributed by atoms with Gasteiger partial charge in [-0.15, -0.1) is 11.3 Å². The first-order chi connectivity index (χ1) is 23.6. The van der Waals surface area contributed by atoms with E-state index in [2.05, 4.69) is 175 Å². The van der Waals surface area contributed by atoms with E-state index < -0.39 is 0 Å². The highest BCUT2D eigenvalue weighted by Crippen LogP contribution is 2.49. The predicted molar refractivity (Wildman–Crippen MR) is 218 cm³/mol. The largest absolute Gasteiger partial charge is 0.135 e. The summed E-state index contributed by atoms with van der Waals surface area (Å²) in [6, 6.07) is 50.2. The lowest BCUT2D eigenvalue weighted by Gasteiger charge is -2.26. The molecule has 0 N–H and O–H groups in total. The van der Waals surface area contributed by atoms with E-state index in [1.54, 1.807) is 0 Å². The number of hydrogen-bond donors (Lipinski definition) is 0. The first-order valence-electron chi connectivity index (χ1n) is 17.4. The Bertz CT molecular complexity index is 2660. The predicted octanol–water partition coefficient (Wildman–Crippen LogP) is 14.6. The van der Waals surface area contributed by atoms with Crippen LogP contribution in [0.4, 0.5) is 0 Å². The zero-order chi connectivity index (χ0) is 33.7. The van der Waals surface area contributed by atoms with Gasteiger partial charge in [-0.1, -0.05) is 163 Å². The Morgan fingerprint density at radius 3 is 1.22 bits per heavy atom. The summed E-state index contributed by atoms with van der Waals surface area (Å²) in [5.74, 6) is 0. The standard InChI is InChI=1S/C48H40S/c1-47(2,3)44-34-20-11-7-16-30(34)42(31-17-8-12-21-35(31)44)29-26-27-41-40(28-29)38-24-15-25-39(46(38)49-41)43-32-18-9-13-22-36(32)45(48(4,5)6)37-23-14-10-19-33(37)43/h7-28H,1-6H3. The van der Waals surface area contributed by atoms with Crippen molar-refractivity contribution in [1.82, 2.24) is 0 Å². The lowest BCUT2D eigenvalue weighted by Crippen LogP contribution is -2.13. The molecule has 0 nitrogen and oxygen atoms in total. The van der Waals surface area contributed by atoms with Crippen LogP contribution in [-0.2, 0) is 10.8 Å². The minimum Gasteiger partial charge on any atom is -0.135 e. The number of hydrogen-bond acceptors (Lipinski definition) is 1. The van der Waals surface area contributed by atoms with Gasteiger partial charge in [-0.25, -0.2) is 0 Å². The molecule has 0 radical (unpaired) electrons. The van der Waals surface area contributed by atoms with E-state index in [0.717, 1.165) is 0 Å². The van der Waals surface area contributed by atoms with E-state index in [1.807, 2.05) is 11.3 Å². The topological polar surface area (TPSA) is 0 Å². The molecule has 1 aromatic heterocycles. The molecule has 8 aromatic carbocycles. The van der Waals surface area contributed by atoms with E-state index in [1.165, 1.54) is 96.6 Å². The summed E-state index contributed by atoms with van der Waals surface area (Å²) in [6.45, 7) is 14.0. The first kappa shape index (κ1) is 30.1. The quantitative estimate of drug-likeness (QED) is 0.164. The normalized spacial score (nSPS) is 12.7. The van der Waals surface area contributed by atoms with Gasteiger partial charge >= 0.3 is 0 Å². The Balaban J connectivity index is 1.35. The lowest BCUT2D eigenvalue weighted by molar-refractivity contribution is 0.601. The van der Waals surface area contributed by atoms with Crippen LogP contribution < -0.4 is 0 Å². The third-order valence-electron chi connectivity index (χ3n) is 10.4. The molecule has 0 aliphatic rings. The smallest absolute Gasteiger partial charge is 0.0434 e. The van der Waals surface area contributed by atoms with Gasteiger partial charge < -0.3 is 0 Å². The van der Waals surface area contributed by atoms with Crippen molar-refractivity contribution >= 4 is 74.6 Å². The molecule has 0 amide bonds. The Morgan fingerprint density at radius 1 is 0.367 bits per heavy atom. The maximum atomic E-state index is 2.46. The minimum atomic E-state index is 0.0111. The molecule has 0 atom stereocenters. The van der Waals surface area contributed by atoms with Crippen molar-refractivity contribution in [1.29, 1.82) is 0 Å². The second-order valence-electron chi connectivity index (χ2n) is 15.7. The third-order valence-corrected chi connectivity index (χ3v) is 11.6. The van der Waals surface area contributed by atoms with Crippen LogP contribution in [0.5, 0.6) is 0 Å². The second kappa shape index (κ2) is 10.8. The van der Waals surface area contributed by atoms with E-state index >= 15 is 0 Å². The van der Waals surface area contributed by atoms with Gasteiger partial charge in [0.15, 0.2) is 0 Å². The van der Waals surface area contributed by atoms with Gasteiger partial charge in [-0.2, -0.15) is 0 Å². The first-order valence-corrected chi connectivity index (χ1v) is 18.3. The molecular formula is C48H40S. The number of fused-ring (bicyclic) bond motifs is 7. The molecule has 0 saturated carbocycles. The van der Waals surface area contributed by atoms with Gasteiger partial charge in [-0.05, 0) is 93.9 Å². The van der Waals surface area contributed by atoms with E-state index in [0.29, 0.717) is 0 Å². The maximum absolute atomic E-state index is 2.46. The Hall–Kier alpha value is -4.98. The van der Waals surface area contributed by atoms with Gasteiger partial charge in [0.2, 0.25) is 0 Å². The summed E-state index contributed by atoms with van der Waals surface area (Å²) < 4.78 is 2.68. The second-order valence-corrected chi connectivity index (χ2v) is 16.7. The molecule has 0 saturated heterocycles. The van der Waals surface area contributed by atoms with Crippen LogP contribution in [0.1, 0.15) is 52.7 Å². The maximum Gasteiger partial charge on any atom is 0.0434 e. The molecule has 9 rings (SSSR count). The summed E-state index contributed by atoms with van der Waals surface area (Å²) in [7, 11) is 0. The van der Waals surface area contributed by atoms with Crippen LogP contribution in [0.25, 0.3) is 85.5 Å². The highest BCUT2D eigenvalue weighted by Gasteiger charge is 2.26. The molecule has 49 heavy (non-hydrogen) atoms. The highest BCUT2D eigenvalue weighted by atomic mass is 32.1. The van der Waals surface area contributed by atoms with Crippen LogP contribution in [-0.4, -0.2) is 0 Å². The molecule has 0 fully saturated rings. The summed E-state index contributed by atoms with van der Waals surface area (Å²) >= 11 is 1.93. The summed E-state index contributed by atoms with van der Waals surface area (Å²) in [4.78, 5) is 0. The summed E-state index contributed by atoms with van der Waals surface area (Å²) in [6.07, 6.45) is 0. The molecule has 1 heterocycles. The fourth-order valence-corrected chi connectivity index (χ4v) is 9.83. The zero-order valence-corrected chi connectivity index (χ0v) is 29.9. The van der Waals surface area contributed by atoms with Crippen LogP contribution in [0.2, 0.25) is 0 Å². The van der Waals surface area contributed by atoms with Crippen molar-refractivity contribution in [2.75, 3.05) is 0 Å². The molecule has 0 aliphatic carbocycles. The average Bonchev–Trinajstić information content (AvgIpc) is 3.46. The van der Waals surface area contributed by atoms with Crippen LogP contribution in [0.3, 0.4) is 0 Å².